The number of carbonyl (C=O) groups is 2. The number of aliphatic hydroxyl groups is 2. The molecule has 0 radical (unpaired) electrons. The topological polar surface area (TPSA) is 83.8 Å². The molecule has 5 heteroatoms. The minimum absolute atomic E-state index is 0.0929. The molecule has 1 aliphatic heterocycles. The Hall–Kier alpha value is -1.46. The quantitative estimate of drug-likeness (QED) is 0.435. The lowest BCUT2D eigenvalue weighted by atomic mass is 9.40. The van der Waals surface area contributed by atoms with Crippen LogP contribution in [0.5, 0.6) is 0 Å². The van der Waals surface area contributed by atoms with E-state index in [4.69, 9.17) is 4.74 Å². The Labute approximate surface area is 210 Å². The molecule has 1 heterocycles. The van der Waals surface area contributed by atoms with E-state index in [9.17, 15) is 19.8 Å². The molecule has 35 heavy (non-hydrogen) atoms. The van der Waals surface area contributed by atoms with Crippen molar-refractivity contribution in [3.63, 3.8) is 0 Å². The SMILES string of the molecule is CC(C)=CCC[C@H]1C(=O)OC2[C@H](O)[C@H]1[C@]1(C)CC[C@H]3C(=CC(=O)[C@H]4C(C)(C)[C@@H](O)CC[C@]34C)[C@@]21C. The number of carbonyl (C=O) groups excluding carboxylic acids is 2. The van der Waals surface area contributed by atoms with E-state index in [2.05, 4.69) is 40.7 Å². The summed E-state index contributed by atoms with van der Waals surface area (Å²) in [4.78, 5) is 27.1. The third kappa shape index (κ3) is 3.06. The van der Waals surface area contributed by atoms with Gasteiger partial charge in [-0.2, -0.15) is 0 Å². The van der Waals surface area contributed by atoms with Gasteiger partial charge in [-0.3, -0.25) is 9.59 Å². The lowest BCUT2D eigenvalue weighted by Gasteiger charge is -2.63. The smallest absolute Gasteiger partial charge is 0.309 e. The fraction of sp³-hybridized carbons (Fsp3) is 0.800. The maximum absolute atomic E-state index is 13.8. The van der Waals surface area contributed by atoms with Gasteiger partial charge in [-0.15, -0.1) is 0 Å². The molecule has 194 valence electrons. The predicted octanol–water partition coefficient (Wildman–Crippen LogP) is 5.00. The third-order valence-corrected chi connectivity index (χ3v) is 11.7. The maximum atomic E-state index is 13.8. The van der Waals surface area contributed by atoms with Crippen LogP contribution in [0.2, 0.25) is 0 Å². The van der Waals surface area contributed by atoms with E-state index in [1.807, 2.05) is 19.9 Å². The Morgan fingerprint density at radius 1 is 1.09 bits per heavy atom. The third-order valence-electron chi connectivity index (χ3n) is 11.7. The molecule has 4 aliphatic carbocycles. The molecule has 1 unspecified atom stereocenters. The van der Waals surface area contributed by atoms with Crippen molar-refractivity contribution in [1.82, 2.24) is 0 Å². The number of hydrogen-bond donors (Lipinski definition) is 2. The first-order valence-electron chi connectivity index (χ1n) is 13.7. The zero-order chi connectivity index (χ0) is 25.7. The molecule has 10 atom stereocenters. The molecule has 5 nitrogen and oxygen atoms in total. The minimum atomic E-state index is -0.718. The average Bonchev–Trinajstić information content (AvgIpc) is 2.87. The van der Waals surface area contributed by atoms with Crippen molar-refractivity contribution in [3.8, 4) is 0 Å². The molecule has 0 spiro atoms. The van der Waals surface area contributed by atoms with Crippen LogP contribution in [0.25, 0.3) is 0 Å². The van der Waals surface area contributed by atoms with E-state index in [0.717, 1.165) is 31.3 Å². The van der Waals surface area contributed by atoms with Gasteiger partial charge in [0.25, 0.3) is 0 Å². The van der Waals surface area contributed by atoms with Gasteiger partial charge in [-0.05, 0) is 75.2 Å². The van der Waals surface area contributed by atoms with Gasteiger partial charge in [0, 0.05) is 22.7 Å². The van der Waals surface area contributed by atoms with Crippen molar-refractivity contribution in [3.05, 3.63) is 23.3 Å². The number of fused-ring (bicyclic) bond motifs is 9. The summed E-state index contributed by atoms with van der Waals surface area (Å²) < 4.78 is 6.11. The normalized spacial score (nSPS) is 49.9. The molecule has 0 aromatic heterocycles. The number of hydrogen-bond acceptors (Lipinski definition) is 5. The summed E-state index contributed by atoms with van der Waals surface area (Å²) in [5, 5.41) is 22.4. The van der Waals surface area contributed by atoms with Crippen molar-refractivity contribution >= 4 is 11.8 Å². The average molecular weight is 485 g/mol. The summed E-state index contributed by atoms with van der Waals surface area (Å²) in [5.74, 6) is -0.636. The van der Waals surface area contributed by atoms with Crippen molar-refractivity contribution in [2.24, 2.45) is 45.3 Å². The van der Waals surface area contributed by atoms with E-state index >= 15 is 0 Å². The number of aliphatic hydroxyl groups excluding tert-OH is 2. The maximum Gasteiger partial charge on any atom is 0.309 e. The van der Waals surface area contributed by atoms with Crippen LogP contribution >= 0.6 is 0 Å². The Kier molecular flexibility index (Phi) is 5.60. The summed E-state index contributed by atoms with van der Waals surface area (Å²) in [5.41, 5.74) is 0.680. The van der Waals surface area contributed by atoms with Crippen molar-refractivity contribution < 1.29 is 24.5 Å². The van der Waals surface area contributed by atoms with Crippen LogP contribution in [0.15, 0.2) is 23.3 Å². The second kappa shape index (κ2) is 7.77. The van der Waals surface area contributed by atoms with E-state index in [1.165, 1.54) is 5.57 Å². The van der Waals surface area contributed by atoms with Gasteiger partial charge in [-0.1, -0.05) is 51.8 Å². The number of ether oxygens (including phenoxy) is 1. The zero-order valence-electron chi connectivity index (χ0n) is 22.6. The fourth-order valence-corrected chi connectivity index (χ4v) is 9.78. The highest BCUT2D eigenvalue weighted by Crippen LogP contribution is 2.74. The van der Waals surface area contributed by atoms with Gasteiger partial charge < -0.3 is 14.9 Å². The van der Waals surface area contributed by atoms with E-state index < -0.39 is 29.1 Å². The molecule has 1 saturated heterocycles. The number of esters is 1. The molecule has 5 aliphatic rings. The van der Waals surface area contributed by atoms with Gasteiger partial charge in [0.2, 0.25) is 0 Å². The monoisotopic (exact) mass is 484 g/mol. The van der Waals surface area contributed by atoms with Gasteiger partial charge in [0.05, 0.1) is 18.1 Å². The van der Waals surface area contributed by atoms with Crippen molar-refractivity contribution in [2.75, 3.05) is 0 Å². The molecule has 0 amide bonds. The Bertz CT molecular complexity index is 1000. The molecular formula is C30H44O5. The molecular weight excluding hydrogens is 440 g/mol. The van der Waals surface area contributed by atoms with Crippen LogP contribution < -0.4 is 0 Å². The molecule has 2 N–H and O–H groups in total. The van der Waals surface area contributed by atoms with Crippen LogP contribution in [-0.4, -0.2) is 40.3 Å². The summed E-state index contributed by atoms with van der Waals surface area (Å²) in [6.07, 6.45) is 7.01. The summed E-state index contributed by atoms with van der Waals surface area (Å²) in [6, 6.07) is 0. The standard InChI is InChI=1S/C30H44O5/c1-16(2)9-8-10-17-22-23(33)25(35-26(17)34)30(7)19-15-20(31)24-27(3,4)21(32)12-13-28(24,5)18(19)11-14-29(22,30)6/h9,15,17-18,21-25,32-33H,8,10-14H2,1-7H3/t17-,18+,21+,22+,23-,24+,25?,28-,29+,30+/m1/s1. The molecule has 2 bridgehead atoms. The Balaban J connectivity index is 1.59. The van der Waals surface area contributed by atoms with Gasteiger partial charge in [0.1, 0.15) is 6.10 Å². The lowest BCUT2D eigenvalue weighted by Crippen LogP contribution is -2.61. The van der Waals surface area contributed by atoms with E-state index in [1.54, 1.807) is 0 Å². The second-order valence-electron chi connectivity index (χ2n) is 13.9. The molecule has 4 fully saturated rings. The van der Waals surface area contributed by atoms with Gasteiger partial charge >= 0.3 is 5.97 Å². The zero-order valence-corrected chi connectivity index (χ0v) is 22.6. The van der Waals surface area contributed by atoms with Crippen LogP contribution in [0.1, 0.15) is 87.0 Å². The Morgan fingerprint density at radius 2 is 1.77 bits per heavy atom. The Morgan fingerprint density at radius 3 is 2.43 bits per heavy atom. The first-order valence-corrected chi connectivity index (χ1v) is 13.7. The number of ketones is 1. The molecule has 5 rings (SSSR count). The first kappa shape index (κ1) is 25.2. The number of rotatable bonds is 3. The second-order valence-corrected chi connectivity index (χ2v) is 13.9. The highest BCUT2D eigenvalue weighted by atomic mass is 16.6. The van der Waals surface area contributed by atoms with Crippen molar-refractivity contribution in [2.45, 2.75) is 105 Å². The van der Waals surface area contributed by atoms with E-state index in [-0.39, 0.29) is 46.3 Å². The first-order chi connectivity index (χ1) is 16.2. The van der Waals surface area contributed by atoms with Crippen molar-refractivity contribution in [1.29, 1.82) is 0 Å². The highest BCUT2D eigenvalue weighted by molar-refractivity contribution is 5.95. The highest BCUT2D eigenvalue weighted by Gasteiger charge is 2.75. The van der Waals surface area contributed by atoms with Gasteiger partial charge in [-0.25, -0.2) is 0 Å². The predicted molar refractivity (Wildman–Crippen MR) is 134 cm³/mol. The lowest BCUT2D eigenvalue weighted by molar-refractivity contribution is -0.178. The fourth-order valence-electron chi connectivity index (χ4n) is 9.78. The summed E-state index contributed by atoms with van der Waals surface area (Å²) >= 11 is 0. The molecule has 3 saturated carbocycles. The van der Waals surface area contributed by atoms with Crippen LogP contribution in [0.4, 0.5) is 0 Å². The van der Waals surface area contributed by atoms with E-state index in [0.29, 0.717) is 12.8 Å². The molecule has 0 aromatic carbocycles. The minimum Gasteiger partial charge on any atom is -0.458 e. The number of allylic oxidation sites excluding steroid dienone is 3. The van der Waals surface area contributed by atoms with Crippen LogP contribution in [-0.2, 0) is 14.3 Å². The largest absolute Gasteiger partial charge is 0.458 e. The van der Waals surface area contributed by atoms with Crippen LogP contribution in [0, 0.1) is 45.3 Å². The van der Waals surface area contributed by atoms with Gasteiger partial charge in [0.15, 0.2) is 5.78 Å². The van der Waals surface area contributed by atoms with Crippen LogP contribution in [0.3, 0.4) is 0 Å². The summed E-state index contributed by atoms with van der Waals surface area (Å²) in [6.45, 7) is 14.8. The summed E-state index contributed by atoms with van der Waals surface area (Å²) in [7, 11) is 0. The molecule has 0 aromatic rings.